The van der Waals surface area contributed by atoms with Crippen LogP contribution in [0, 0.1) is 11.8 Å². The van der Waals surface area contributed by atoms with Crippen LogP contribution in [-0.2, 0) is 6.42 Å². The van der Waals surface area contributed by atoms with Crippen molar-refractivity contribution in [2.24, 2.45) is 11.8 Å². The smallest absolute Gasteiger partial charge is 0.156 e. The highest BCUT2D eigenvalue weighted by molar-refractivity contribution is 5.76. The second kappa shape index (κ2) is 8.34. The number of benzene rings is 1. The van der Waals surface area contributed by atoms with Crippen LogP contribution in [0.1, 0.15) is 75.5 Å². The molecule has 31 heavy (non-hydrogen) atoms. The molecule has 2 aliphatic carbocycles. The zero-order valence-corrected chi connectivity index (χ0v) is 18.3. The fraction of sp³-hybridized carbons (Fsp3) is 0.667. The Morgan fingerprint density at radius 1 is 0.903 bits per heavy atom. The first kappa shape index (κ1) is 19.4. The summed E-state index contributed by atoms with van der Waals surface area (Å²) < 4.78 is 2.48. The number of aromatic amines is 1. The number of H-pyrrole nitrogens is 1. The largest absolute Gasteiger partial charge is 0.324 e. The number of piperidine rings is 1. The number of nitrogens with zero attached hydrogens (tertiary/aromatic N) is 6. The van der Waals surface area contributed by atoms with Crippen molar-refractivity contribution in [3.63, 3.8) is 0 Å². The summed E-state index contributed by atoms with van der Waals surface area (Å²) in [4.78, 5) is 7.79. The molecular weight excluding hydrogens is 386 g/mol. The summed E-state index contributed by atoms with van der Waals surface area (Å²) in [6.45, 7) is 2.43. The van der Waals surface area contributed by atoms with Gasteiger partial charge in [0.25, 0.3) is 0 Å². The van der Waals surface area contributed by atoms with Gasteiger partial charge in [-0.2, -0.15) is 0 Å². The highest BCUT2D eigenvalue weighted by atomic mass is 15.5. The van der Waals surface area contributed by atoms with Gasteiger partial charge in [-0.3, -0.25) is 0 Å². The van der Waals surface area contributed by atoms with E-state index in [4.69, 9.17) is 4.98 Å². The Bertz CT molecular complexity index is 988. The third-order valence-corrected chi connectivity index (χ3v) is 8.12. The van der Waals surface area contributed by atoms with Crippen molar-refractivity contribution in [2.45, 2.75) is 76.3 Å². The van der Waals surface area contributed by atoms with Crippen LogP contribution in [0.15, 0.2) is 24.3 Å². The van der Waals surface area contributed by atoms with E-state index in [1.807, 2.05) is 0 Å². The molecule has 3 aromatic rings. The van der Waals surface area contributed by atoms with E-state index >= 15 is 0 Å². The summed E-state index contributed by atoms with van der Waals surface area (Å²) in [7, 11) is 0. The van der Waals surface area contributed by atoms with E-state index < -0.39 is 0 Å². The molecule has 0 amide bonds. The van der Waals surface area contributed by atoms with E-state index in [9.17, 15) is 0 Å². The summed E-state index contributed by atoms with van der Waals surface area (Å²) in [6.07, 6.45) is 13.3. The summed E-state index contributed by atoms with van der Waals surface area (Å²) in [5.74, 6) is 3.83. The van der Waals surface area contributed by atoms with Crippen LogP contribution in [0.3, 0.4) is 0 Å². The van der Waals surface area contributed by atoms with Crippen LogP contribution in [0.4, 0.5) is 0 Å². The fourth-order valence-electron chi connectivity index (χ4n) is 6.70. The molecule has 164 valence electrons. The molecule has 3 fully saturated rings. The average Bonchev–Trinajstić information content (AvgIpc) is 3.40. The first-order valence-corrected chi connectivity index (χ1v) is 12.3. The first-order chi connectivity index (χ1) is 15.3. The predicted molar refractivity (Wildman–Crippen MR) is 120 cm³/mol. The first-order valence-electron chi connectivity index (χ1n) is 12.3. The molecule has 0 radical (unpaired) electrons. The number of nitrogens with one attached hydrogen (secondary N) is 1. The lowest BCUT2D eigenvalue weighted by molar-refractivity contribution is 0.0713. The van der Waals surface area contributed by atoms with Gasteiger partial charge in [0.15, 0.2) is 5.82 Å². The molecule has 3 aliphatic rings. The topological polar surface area (TPSA) is 75.5 Å². The highest BCUT2D eigenvalue weighted by Gasteiger charge is 2.35. The molecule has 0 unspecified atom stereocenters. The van der Waals surface area contributed by atoms with Crippen LogP contribution < -0.4 is 0 Å². The number of rotatable bonds is 4. The third-order valence-electron chi connectivity index (χ3n) is 8.12. The molecule has 2 bridgehead atoms. The monoisotopic (exact) mass is 419 g/mol. The van der Waals surface area contributed by atoms with Gasteiger partial charge in [-0.1, -0.05) is 37.8 Å². The van der Waals surface area contributed by atoms with E-state index in [1.165, 1.54) is 76.4 Å². The number of para-hydroxylation sites is 2. The molecule has 2 aromatic heterocycles. The molecule has 7 heteroatoms. The Labute approximate surface area is 183 Å². The van der Waals surface area contributed by atoms with Crippen molar-refractivity contribution in [3.8, 4) is 0 Å². The van der Waals surface area contributed by atoms with Gasteiger partial charge in [0.05, 0.1) is 17.5 Å². The van der Waals surface area contributed by atoms with Gasteiger partial charge in [-0.05, 0) is 66.5 Å². The van der Waals surface area contributed by atoms with Crippen molar-refractivity contribution in [3.05, 3.63) is 35.9 Å². The van der Waals surface area contributed by atoms with Gasteiger partial charge in [0, 0.05) is 25.2 Å². The van der Waals surface area contributed by atoms with Crippen molar-refractivity contribution in [2.75, 3.05) is 13.1 Å². The van der Waals surface area contributed by atoms with E-state index in [-0.39, 0.29) is 0 Å². The summed E-state index contributed by atoms with van der Waals surface area (Å²) in [5, 5.41) is 14.5. The van der Waals surface area contributed by atoms with Crippen molar-refractivity contribution in [1.82, 2.24) is 35.1 Å². The second-order valence-electron chi connectivity index (χ2n) is 10.1. The van der Waals surface area contributed by atoms with Gasteiger partial charge in [-0.15, -0.1) is 5.10 Å². The molecule has 1 aliphatic heterocycles. The van der Waals surface area contributed by atoms with Crippen molar-refractivity contribution < 1.29 is 0 Å². The predicted octanol–water partition coefficient (Wildman–Crippen LogP) is 4.14. The summed E-state index contributed by atoms with van der Waals surface area (Å²) >= 11 is 0. The van der Waals surface area contributed by atoms with E-state index in [2.05, 4.69) is 54.4 Å². The second-order valence-corrected chi connectivity index (χ2v) is 10.1. The maximum absolute atomic E-state index is 4.95. The Morgan fingerprint density at radius 2 is 1.68 bits per heavy atom. The van der Waals surface area contributed by atoms with Gasteiger partial charge in [-0.25, -0.2) is 10.1 Å². The maximum Gasteiger partial charge on any atom is 0.156 e. The minimum Gasteiger partial charge on any atom is -0.324 e. The SMILES string of the molecule is c1ccc2c(c1)nc(Cc1nnn[nH]1)n2C1CCN([C@@H]2C[C@@H]3CCCC[C@@H](C3)C2)CC1. The van der Waals surface area contributed by atoms with Gasteiger partial charge >= 0.3 is 0 Å². The molecular formula is C24H33N7. The van der Waals surface area contributed by atoms with Gasteiger partial charge in [0.2, 0.25) is 0 Å². The normalized spacial score (nSPS) is 28.1. The molecule has 7 nitrogen and oxygen atoms in total. The Morgan fingerprint density at radius 3 is 2.42 bits per heavy atom. The average molecular weight is 420 g/mol. The quantitative estimate of drug-likeness (QED) is 0.688. The molecule has 1 aromatic carbocycles. The minimum absolute atomic E-state index is 0.500. The fourth-order valence-corrected chi connectivity index (χ4v) is 6.70. The molecule has 6 rings (SSSR count). The van der Waals surface area contributed by atoms with Crippen LogP contribution in [0.5, 0.6) is 0 Å². The number of tetrazole rings is 1. The number of aromatic nitrogens is 6. The van der Waals surface area contributed by atoms with E-state index in [1.54, 1.807) is 0 Å². The Kier molecular flexibility index (Phi) is 5.22. The lowest BCUT2D eigenvalue weighted by Crippen LogP contribution is -2.45. The molecule has 3 heterocycles. The summed E-state index contributed by atoms with van der Waals surface area (Å²) in [6, 6.07) is 9.85. The van der Waals surface area contributed by atoms with Crippen LogP contribution in [0.25, 0.3) is 11.0 Å². The van der Waals surface area contributed by atoms with Crippen LogP contribution >= 0.6 is 0 Å². The highest BCUT2D eigenvalue weighted by Crippen LogP contribution is 2.41. The van der Waals surface area contributed by atoms with Gasteiger partial charge in [0.1, 0.15) is 5.82 Å². The standard InChI is InChI=1S/C24H33N7/c1-2-6-18-13-17(5-1)14-20(15-18)30-11-9-19(10-12-30)31-22-8-4-3-7-21(22)25-24(31)16-23-26-28-29-27-23/h3-4,7-8,17-20H,1-2,5-6,9-16H2,(H,26,27,28,29)/t17-,18+,20-. The zero-order chi connectivity index (χ0) is 20.6. The van der Waals surface area contributed by atoms with Gasteiger partial charge < -0.3 is 9.47 Å². The molecule has 0 spiro atoms. The molecule has 3 atom stereocenters. The molecule has 1 N–H and O–H groups in total. The molecule has 1 saturated heterocycles. The van der Waals surface area contributed by atoms with Crippen LogP contribution in [-0.4, -0.2) is 54.2 Å². The Hall–Kier alpha value is -2.28. The lowest BCUT2D eigenvalue weighted by Gasteiger charge is -2.43. The number of hydrogen-bond donors (Lipinski definition) is 1. The number of fused-ring (bicyclic) bond motifs is 3. The maximum atomic E-state index is 4.95. The molecule has 2 saturated carbocycles. The van der Waals surface area contributed by atoms with Crippen molar-refractivity contribution >= 4 is 11.0 Å². The Balaban J connectivity index is 1.20. The number of hydrogen-bond acceptors (Lipinski definition) is 5. The minimum atomic E-state index is 0.500. The lowest BCUT2D eigenvalue weighted by atomic mass is 9.77. The van der Waals surface area contributed by atoms with E-state index in [0.29, 0.717) is 12.5 Å². The van der Waals surface area contributed by atoms with Crippen molar-refractivity contribution in [1.29, 1.82) is 0 Å². The van der Waals surface area contributed by atoms with E-state index in [0.717, 1.165) is 35.0 Å². The number of imidazole rings is 1. The number of likely N-dealkylation sites (tertiary alicyclic amines) is 1. The zero-order valence-electron chi connectivity index (χ0n) is 18.3. The third kappa shape index (κ3) is 3.88. The summed E-state index contributed by atoms with van der Waals surface area (Å²) in [5.41, 5.74) is 2.32. The van der Waals surface area contributed by atoms with Crippen LogP contribution in [0.2, 0.25) is 0 Å².